The average Bonchev–Trinajstić information content (AvgIpc) is 2.88. The monoisotopic (exact) mass is 302 g/mol. The van der Waals surface area contributed by atoms with Gasteiger partial charge < -0.3 is 10.1 Å². The molecule has 0 aliphatic carbocycles. The Labute approximate surface area is 126 Å². The molecule has 1 N–H and O–H groups in total. The van der Waals surface area contributed by atoms with Crippen LogP contribution in [0.4, 0.5) is 9.52 Å². The smallest absolute Gasteiger partial charge is 0.184 e. The zero-order valence-electron chi connectivity index (χ0n) is 11.8. The van der Waals surface area contributed by atoms with Crippen molar-refractivity contribution in [2.75, 3.05) is 12.4 Å². The highest BCUT2D eigenvalue weighted by atomic mass is 32.1. The number of nitrogens with zero attached hydrogens (tertiary/aromatic N) is 1. The van der Waals surface area contributed by atoms with Crippen molar-refractivity contribution in [3.63, 3.8) is 0 Å². The van der Waals surface area contributed by atoms with E-state index >= 15 is 0 Å². The first kappa shape index (κ1) is 13.8. The van der Waals surface area contributed by atoms with E-state index < -0.39 is 0 Å². The standard InChI is InChI=1S/C16H15FN2OS/c1-10(11-3-5-12(17)6-4-11)18-16-19-14-8-7-13(20-2)9-15(14)21-16/h3-10H,1-2H3,(H,18,19). The number of halogens is 1. The maximum atomic E-state index is 12.9. The summed E-state index contributed by atoms with van der Waals surface area (Å²) in [7, 11) is 1.65. The zero-order chi connectivity index (χ0) is 14.8. The van der Waals surface area contributed by atoms with Gasteiger partial charge in [-0.1, -0.05) is 23.5 Å². The van der Waals surface area contributed by atoms with Gasteiger partial charge in [0.25, 0.3) is 0 Å². The van der Waals surface area contributed by atoms with E-state index in [-0.39, 0.29) is 11.9 Å². The van der Waals surface area contributed by atoms with Crippen LogP contribution in [0.1, 0.15) is 18.5 Å². The Morgan fingerprint density at radius 2 is 1.95 bits per heavy atom. The van der Waals surface area contributed by atoms with Gasteiger partial charge in [-0.15, -0.1) is 0 Å². The molecule has 3 aromatic rings. The second-order valence-electron chi connectivity index (χ2n) is 4.77. The Balaban J connectivity index is 1.82. The molecule has 1 unspecified atom stereocenters. The summed E-state index contributed by atoms with van der Waals surface area (Å²) in [5, 5.41) is 4.19. The van der Waals surface area contributed by atoms with Crippen LogP contribution < -0.4 is 10.1 Å². The predicted molar refractivity (Wildman–Crippen MR) is 84.6 cm³/mol. The minimum atomic E-state index is -0.224. The number of rotatable bonds is 4. The first-order valence-corrected chi connectivity index (χ1v) is 7.44. The Hall–Kier alpha value is -2.14. The minimum Gasteiger partial charge on any atom is -0.497 e. The molecule has 3 nitrogen and oxygen atoms in total. The van der Waals surface area contributed by atoms with Crippen LogP contribution in [0.15, 0.2) is 42.5 Å². The molecule has 1 aromatic heterocycles. The van der Waals surface area contributed by atoms with Crippen LogP contribution >= 0.6 is 11.3 Å². The third-order valence-corrected chi connectivity index (χ3v) is 4.25. The molecule has 0 spiro atoms. The number of nitrogens with one attached hydrogen (secondary N) is 1. The molecular formula is C16H15FN2OS. The van der Waals surface area contributed by atoms with Crippen LogP contribution in [0.2, 0.25) is 0 Å². The van der Waals surface area contributed by atoms with Crippen molar-refractivity contribution in [3.8, 4) is 5.75 Å². The lowest BCUT2D eigenvalue weighted by molar-refractivity contribution is 0.415. The number of methoxy groups -OCH3 is 1. The van der Waals surface area contributed by atoms with Crippen LogP contribution in [0.5, 0.6) is 5.75 Å². The predicted octanol–water partition coefficient (Wildman–Crippen LogP) is 4.62. The number of ether oxygens (including phenoxy) is 1. The van der Waals surface area contributed by atoms with Gasteiger partial charge in [-0.2, -0.15) is 0 Å². The second-order valence-corrected chi connectivity index (χ2v) is 5.80. The van der Waals surface area contributed by atoms with Crippen molar-refractivity contribution in [1.82, 2.24) is 4.98 Å². The summed E-state index contributed by atoms with van der Waals surface area (Å²) in [5.41, 5.74) is 1.96. The molecule has 0 saturated heterocycles. The van der Waals surface area contributed by atoms with Crippen LogP contribution in [-0.4, -0.2) is 12.1 Å². The van der Waals surface area contributed by atoms with E-state index in [0.29, 0.717) is 0 Å². The van der Waals surface area contributed by atoms with E-state index in [9.17, 15) is 4.39 Å². The Morgan fingerprint density at radius 3 is 2.67 bits per heavy atom. The van der Waals surface area contributed by atoms with E-state index in [2.05, 4.69) is 10.3 Å². The van der Waals surface area contributed by atoms with Gasteiger partial charge >= 0.3 is 0 Å². The number of fused-ring (bicyclic) bond motifs is 1. The summed E-state index contributed by atoms with van der Waals surface area (Å²) in [6.45, 7) is 2.03. The number of anilines is 1. The maximum Gasteiger partial charge on any atom is 0.184 e. The van der Waals surface area contributed by atoms with Crippen molar-refractivity contribution in [3.05, 3.63) is 53.8 Å². The van der Waals surface area contributed by atoms with Gasteiger partial charge in [0, 0.05) is 0 Å². The lowest BCUT2D eigenvalue weighted by atomic mass is 10.1. The number of benzene rings is 2. The highest BCUT2D eigenvalue weighted by molar-refractivity contribution is 7.22. The molecule has 2 aromatic carbocycles. The molecular weight excluding hydrogens is 287 g/mol. The minimum absolute atomic E-state index is 0.0630. The molecule has 0 bridgehead atoms. The molecule has 0 radical (unpaired) electrons. The molecule has 21 heavy (non-hydrogen) atoms. The quantitative estimate of drug-likeness (QED) is 0.763. The number of aromatic nitrogens is 1. The molecule has 0 amide bonds. The van der Waals surface area contributed by atoms with E-state index in [0.717, 1.165) is 26.7 Å². The molecule has 1 heterocycles. The van der Waals surface area contributed by atoms with Crippen LogP contribution in [0.3, 0.4) is 0 Å². The molecule has 5 heteroatoms. The second kappa shape index (κ2) is 5.69. The maximum absolute atomic E-state index is 12.9. The van der Waals surface area contributed by atoms with Gasteiger partial charge in [0.1, 0.15) is 11.6 Å². The Morgan fingerprint density at radius 1 is 1.19 bits per heavy atom. The lowest BCUT2D eigenvalue weighted by Gasteiger charge is -2.12. The highest BCUT2D eigenvalue weighted by Crippen LogP contribution is 2.31. The summed E-state index contributed by atoms with van der Waals surface area (Å²) in [4.78, 5) is 4.55. The van der Waals surface area contributed by atoms with Crippen molar-refractivity contribution in [2.24, 2.45) is 0 Å². The molecule has 1 atom stereocenters. The van der Waals surface area contributed by atoms with Gasteiger partial charge in [-0.3, -0.25) is 0 Å². The van der Waals surface area contributed by atoms with Crippen molar-refractivity contribution < 1.29 is 9.13 Å². The van der Waals surface area contributed by atoms with Crippen LogP contribution in [0, 0.1) is 5.82 Å². The van der Waals surface area contributed by atoms with Gasteiger partial charge in [0.05, 0.1) is 23.4 Å². The Kier molecular flexibility index (Phi) is 3.75. The zero-order valence-corrected chi connectivity index (χ0v) is 12.6. The summed E-state index contributed by atoms with van der Waals surface area (Å²) >= 11 is 1.58. The van der Waals surface area contributed by atoms with Gasteiger partial charge in [0.15, 0.2) is 5.13 Å². The molecule has 108 valence electrons. The average molecular weight is 302 g/mol. The third-order valence-electron chi connectivity index (χ3n) is 3.31. The van der Waals surface area contributed by atoms with E-state index in [4.69, 9.17) is 4.74 Å². The molecule has 0 fully saturated rings. The number of hydrogen-bond acceptors (Lipinski definition) is 4. The largest absolute Gasteiger partial charge is 0.497 e. The first-order chi connectivity index (χ1) is 10.2. The fraction of sp³-hybridized carbons (Fsp3) is 0.188. The first-order valence-electron chi connectivity index (χ1n) is 6.62. The topological polar surface area (TPSA) is 34.1 Å². The lowest BCUT2D eigenvalue weighted by Crippen LogP contribution is -2.06. The summed E-state index contributed by atoms with van der Waals surface area (Å²) < 4.78 is 19.2. The SMILES string of the molecule is COc1ccc2nc(NC(C)c3ccc(F)cc3)sc2c1. The third kappa shape index (κ3) is 2.97. The molecule has 0 aliphatic rings. The van der Waals surface area contributed by atoms with E-state index in [1.54, 1.807) is 30.6 Å². The normalized spacial score (nSPS) is 12.3. The fourth-order valence-electron chi connectivity index (χ4n) is 2.11. The van der Waals surface area contributed by atoms with E-state index in [1.165, 1.54) is 12.1 Å². The van der Waals surface area contributed by atoms with E-state index in [1.807, 2.05) is 25.1 Å². The van der Waals surface area contributed by atoms with Crippen molar-refractivity contribution >= 4 is 26.7 Å². The highest BCUT2D eigenvalue weighted by Gasteiger charge is 2.10. The molecule has 3 rings (SSSR count). The van der Waals surface area contributed by atoms with Crippen LogP contribution in [0.25, 0.3) is 10.2 Å². The molecule has 0 saturated carbocycles. The van der Waals surface area contributed by atoms with Gasteiger partial charge in [-0.25, -0.2) is 9.37 Å². The molecule has 0 aliphatic heterocycles. The van der Waals surface area contributed by atoms with Gasteiger partial charge in [-0.05, 0) is 42.8 Å². The fourth-order valence-corrected chi connectivity index (χ4v) is 3.09. The number of hydrogen-bond donors (Lipinski definition) is 1. The van der Waals surface area contributed by atoms with Crippen molar-refractivity contribution in [2.45, 2.75) is 13.0 Å². The number of thiazole rings is 1. The summed E-state index contributed by atoms with van der Waals surface area (Å²) in [5.74, 6) is 0.599. The summed E-state index contributed by atoms with van der Waals surface area (Å²) in [6.07, 6.45) is 0. The van der Waals surface area contributed by atoms with Gasteiger partial charge in [0.2, 0.25) is 0 Å². The van der Waals surface area contributed by atoms with Crippen LogP contribution in [-0.2, 0) is 0 Å². The Bertz CT molecular complexity index is 755. The summed E-state index contributed by atoms with van der Waals surface area (Å²) in [6, 6.07) is 12.4. The van der Waals surface area contributed by atoms with Crippen molar-refractivity contribution in [1.29, 1.82) is 0 Å².